The molecule has 0 unspecified atom stereocenters. The summed E-state index contributed by atoms with van der Waals surface area (Å²) in [6, 6.07) is 10.2. The number of H-pyrrole nitrogens is 2. The number of aromatic nitrogens is 7. The molecular formula is C24H16FN7O. The number of hydrogen-bond acceptors (Lipinski definition) is 6. The molecule has 0 aliphatic carbocycles. The first-order chi connectivity index (χ1) is 16.0. The normalized spacial score (nSPS) is 11.5. The molecular weight excluding hydrogens is 421 g/mol. The monoisotopic (exact) mass is 437 g/mol. The molecule has 0 aliphatic rings. The second-order valence-corrected chi connectivity index (χ2v) is 7.78. The molecule has 1 aromatic carbocycles. The van der Waals surface area contributed by atoms with Crippen molar-refractivity contribution in [2.24, 2.45) is 0 Å². The minimum atomic E-state index is -0.297. The molecule has 0 bridgehead atoms. The van der Waals surface area contributed by atoms with E-state index in [0.29, 0.717) is 33.9 Å². The summed E-state index contributed by atoms with van der Waals surface area (Å²) in [6.07, 6.45) is 6.32. The Bertz CT molecular complexity index is 1650. The van der Waals surface area contributed by atoms with Crippen LogP contribution in [0.15, 0.2) is 61.2 Å². The SMILES string of the molecule is Cc1cc(F)cc(-c2ccnc3nc(-c4n[nH]c5cnc(-c6cncc(O)c6)cc45)[nH]c23)c1. The van der Waals surface area contributed by atoms with Gasteiger partial charge in [-0.1, -0.05) is 6.07 Å². The largest absolute Gasteiger partial charge is 0.506 e. The number of aryl methyl sites for hydroxylation is 1. The third-order valence-corrected chi connectivity index (χ3v) is 5.44. The van der Waals surface area contributed by atoms with E-state index < -0.39 is 0 Å². The van der Waals surface area contributed by atoms with Crippen molar-refractivity contribution in [1.29, 1.82) is 0 Å². The number of imidazole rings is 1. The lowest BCUT2D eigenvalue weighted by Crippen LogP contribution is -1.87. The Labute approximate surface area is 186 Å². The molecule has 0 radical (unpaired) electrons. The summed E-state index contributed by atoms with van der Waals surface area (Å²) >= 11 is 0. The lowest BCUT2D eigenvalue weighted by atomic mass is 10.0. The van der Waals surface area contributed by atoms with Crippen molar-refractivity contribution in [3.63, 3.8) is 0 Å². The average molecular weight is 437 g/mol. The van der Waals surface area contributed by atoms with Crippen LogP contribution in [0, 0.1) is 12.7 Å². The third-order valence-electron chi connectivity index (χ3n) is 5.44. The molecule has 0 amide bonds. The van der Waals surface area contributed by atoms with E-state index >= 15 is 0 Å². The van der Waals surface area contributed by atoms with E-state index in [9.17, 15) is 9.50 Å². The van der Waals surface area contributed by atoms with E-state index in [0.717, 1.165) is 27.6 Å². The Morgan fingerprint density at radius 1 is 0.970 bits per heavy atom. The lowest BCUT2D eigenvalue weighted by Gasteiger charge is -2.04. The van der Waals surface area contributed by atoms with Gasteiger partial charge in [-0.25, -0.2) is 14.4 Å². The third kappa shape index (κ3) is 3.26. The van der Waals surface area contributed by atoms with Crippen LogP contribution in [0.1, 0.15) is 5.56 Å². The molecule has 0 fully saturated rings. The zero-order valence-corrected chi connectivity index (χ0v) is 17.3. The number of halogens is 1. The van der Waals surface area contributed by atoms with Gasteiger partial charge in [-0.15, -0.1) is 0 Å². The van der Waals surface area contributed by atoms with E-state index in [-0.39, 0.29) is 11.6 Å². The fourth-order valence-electron chi connectivity index (χ4n) is 3.98. The first-order valence-electron chi connectivity index (χ1n) is 10.2. The first kappa shape index (κ1) is 19.1. The number of rotatable bonds is 3. The summed E-state index contributed by atoms with van der Waals surface area (Å²) in [5.41, 5.74) is 6.22. The summed E-state index contributed by atoms with van der Waals surface area (Å²) in [6.45, 7) is 1.85. The van der Waals surface area contributed by atoms with Crippen LogP contribution in [-0.2, 0) is 0 Å². The first-order valence-corrected chi connectivity index (χ1v) is 10.2. The predicted octanol–water partition coefficient (Wildman–Crippen LogP) is 4.78. The predicted molar refractivity (Wildman–Crippen MR) is 122 cm³/mol. The standard InChI is InChI=1S/C24H16FN7O/c1-12-4-13(6-15(25)5-12)17-2-3-27-23-21(17)29-24(30-23)22-18-8-19(28-11-20(18)31-32-22)14-7-16(33)10-26-9-14/h2-11,33H,1H3,(H,31,32)(H,27,29,30). The molecule has 0 atom stereocenters. The fourth-order valence-corrected chi connectivity index (χ4v) is 3.98. The molecule has 5 heterocycles. The molecule has 0 aliphatic heterocycles. The van der Waals surface area contributed by atoms with E-state index in [1.165, 1.54) is 18.3 Å². The maximum atomic E-state index is 14.0. The molecule has 6 aromatic rings. The highest BCUT2D eigenvalue weighted by atomic mass is 19.1. The Morgan fingerprint density at radius 2 is 1.88 bits per heavy atom. The van der Waals surface area contributed by atoms with Gasteiger partial charge in [-0.05, 0) is 48.4 Å². The van der Waals surface area contributed by atoms with E-state index in [1.54, 1.807) is 24.7 Å². The van der Waals surface area contributed by atoms with Gasteiger partial charge < -0.3 is 10.1 Å². The average Bonchev–Trinajstić information content (AvgIpc) is 3.41. The van der Waals surface area contributed by atoms with Crippen LogP contribution in [0.3, 0.4) is 0 Å². The minimum Gasteiger partial charge on any atom is -0.506 e. The maximum Gasteiger partial charge on any atom is 0.178 e. The number of benzene rings is 1. The summed E-state index contributed by atoms with van der Waals surface area (Å²) in [7, 11) is 0. The highest BCUT2D eigenvalue weighted by Gasteiger charge is 2.17. The Kier molecular flexibility index (Phi) is 4.16. The van der Waals surface area contributed by atoms with Crippen molar-refractivity contribution >= 4 is 22.1 Å². The van der Waals surface area contributed by atoms with Crippen LogP contribution in [0.25, 0.3) is 56.0 Å². The summed E-state index contributed by atoms with van der Waals surface area (Å²) in [5, 5.41) is 18.0. The molecule has 0 saturated heterocycles. The zero-order valence-electron chi connectivity index (χ0n) is 17.3. The summed E-state index contributed by atoms with van der Waals surface area (Å²) < 4.78 is 14.0. The van der Waals surface area contributed by atoms with Crippen LogP contribution in [0.4, 0.5) is 4.39 Å². The van der Waals surface area contributed by atoms with Gasteiger partial charge >= 0.3 is 0 Å². The quantitative estimate of drug-likeness (QED) is 0.367. The second kappa shape index (κ2) is 7.20. The smallest absolute Gasteiger partial charge is 0.178 e. The van der Waals surface area contributed by atoms with Crippen LogP contribution in [0.2, 0.25) is 0 Å². The molecule has 3 N–H and O–H groups in total. The maximum absolute atomic E-state index is 14.0. The number of fused-ring (bicyclic) bond motifs is 2. The van der Waals surface area contributed by atoms with Gasteiger partial charge in [-0.2, -0.15) is 5.10 Å². The lowest BCUT2D eigenvalue weighted by molar-refractivity contribution is 0.473. The topological polar surface area (TPSA) is 116 Å². The van der Waals surface area contributed by atoms with Crippen LogP contribution in [0.5, 0.6) is 5.75 Å². The number of hydrogen-bond donors (Lipinski definition) is 3. The van der Waals surface area contributed by atoms with Crippen molar-refractivity contribution in [2.75, 3.05) is 0 Å². The van der Waals surface area contributed by atoms with Gasteiger partial charge in [0.1, 0.15) is 17.3 Å². The Balaban J connectivity index is 1.51. The fraction of sp³-hybridized carbons (Fsp3) is 0.0417. The van der Waals surface area contributed by atoms with Crippen LogP contribution >= 0.6 is 0 Å². The molecule has 5 aromatic heterocycles. The van der Waals surface area contributed by atoms with Gasteiger partial charge in [0.15, 0.2) is 11.5 Å². The van der Waals surface area contributed by atoms with Crippen molar-refractivity contribution in [3.8, 4) is 39.7 Å². The molecule has 160 valence electrons. The van der Waals surface area contributed by atoms with Crippen LogP contribution < -0.4 is 0 Å². The highest BCUT2D eigenvalue weighted by molar-refractivity contribution is 5.96. The van der Waals surface area contributed by atoms with E-state index in [1.807, 2.05) is 25.1 Å². The van der Waals surface area contributed by atoms with Gasteiger partial charge in [-0.3, -0.25) is 15.1 Å². The summed E-state index contributed by atoms with van der Waals surface area (Å²) in [5.74, 6) is 0.287. The Hall–Kier alpha value is -4.66. The molecule has 0 saturated carbocycles. The molecule has 9 heteroatoms. The molecule has 6 rings (SSSR count). The molecule has 8 nitrogen and oxygen atoms in total. The number of aromatic hydroxyl groups is 1. The summed E-state index contributed by atoms with van der Waals surface area (Å²) in [4.78, 5) is 20.8. The minimum absolute atomic E-state index is 0.0605. The second-order valence-electron chi connectivity index (χ2n) is 7.78. The van der Waals surface area contributed by atoms with Crippen molar-refractivity contribution < 1.29 is 9.50 Å². The van der Waals surface area contributed by atoms with E-state index in [4.69, 9.17) is 0 Å². The van der Waals surface area contributed by atoms with Crippen molar-refractivity contribution in [2.45, 2.75) is 6.92 Å². The van der Waals surface area contributed by atoms with Crippen molar-refractivity contribution in [3.05, 3.63) is 72.6 Å². The van der Waals surface area contributed by atoms with Crippen LogP contribution in [-0.4, -0.2) is 40.2 Å². The van der Waals surface area contributed by atoms with E-state index in [2.05, 4.69) is 35.1 Å². The number of nitrogens with zero attached hydrogens (tertiary/aromatic N) is 5. The Morgan fingerprint density at radius 3 is 2.73 bits per heavy atom. The molecule has 0 spiro atoms. The van der Waals surface area contributed by atoms with Gasteiger partial charge in [0.2, 0.25) is 0 Å². The van der Waals surface area contributed by atoms with Gasteiger partial charge in [0.25, 0.3) is 0 Å². The number of nitrogens with one attached hydrogen (secondary N) is 2. The number of aromatic amines is 2. The molecule has 33 heavy (non-hydrogen) atoms. The van der Waals surface area contributed by atoms with Gasteiger partial charge in [0.05, 0.1) is 29.1 Å². The van der Waals surface area contributed by atoms with Crippen molar-refractivity contribution in [1.82, 2.24) is 35.1 Å². The highest BCUT2D eigenvalue weighted by Crippen LogP contribution is 2.32. The number of pyridine rings is 3. The zero-order chi connectivity index (χ0) is 22.5. The van der Waals surface area contributed by atoms with Gasteiger partial charge in [0, 0.05) is 28.9 Å².